The van der Waals surface area contributed by atoms with Crippen molar-refractivity contribution >= 4 is 34.5 Å². The summed E-state index contributed by atoms with van der Waals surface area (Å²) in [7, 11) is 5.12. The van der Waals surface area contributed by atoms with E-state index in [2.05, 4.69) is 37.3 Å². The minimum atomic E-state index is -1.26. The topological polar surface area (TPSA) is 115 Å². The number of methoxy groups -OCH3 is 1. The number of amides is 1. The molecule has 30 heavy (non-hydrogen) atoms. The Labute approximate surface area is 171 Å². The first-order chi connectivity index (χ1) is 14.4. The second kappa shape index (κ2) is 7.61. The SMILES string of the molecule is C=CC(=O)NC1CN(c2nc(Nc3cn(C)nc3OC)c3ncn(C)c3n2)CC1F. The predicted octanol–water partition coefficient (Wildman–Crippen LogP) is 0.678. The van der Waals surface area contributed by atoms with Gasteiger partial charge >= 0.3 is 0 Å². The average Bonchev–Trinajstić information content (AvgIpc) is 3.39. The van der Waals surface area contributed by atoms with Crippen molar-refractivity contribution in [2.45, 2.75) is 12.2 Å². The molecule has 3 aromatic heterocycles. The summed E-state index contributed by atoms with van der Waals surface area (Å²) < 4.78 is 23.2. The van der Waals surface area contributed by atoms with Gasteiger partial charge in [-0.25, -0.2) is 9.37 Å². The molecule has 2 N–H and O–H groups in total. The first kappa shape index (κ1) is 19.6. The van der Waals surface area contributed by atoms with Gasteiger partial charge in [-0.3, -0.25) is 9.48 Å². The van der Waals surface area contributed by atoms with Gasteiger partial charge in [0, 0.05) is 20.6 Å². The van der Waals surface area contributed by atoms with Gasteiger partial charge in [0.2, 0.25) is 11.9 Å². The number of aromatic nitrogens is 6. The third kappa shape index (κ3) is 3.51. The summed E-state index contributed by atoms with van der Waals surface area (Å²) in [6, 6.07) is -0.670. The molecule has 4 heterocycles. The quantitative estimate of drug-likeness (QED) is 0.565. The van der Waals surface area contributed by atoms with Crippen LogP contribution in [0.5, 0.6) is 5.88 Å². The average molecular weight is 415 g/mol. The van der Waals surface area contributed by atoms with E-state index in [1.807, 2.05) is 7.05 Å². The van der Waals surface area contributed by atoms with Crippen molar-refractivity contribution in [2.24, 2.45) is 14.1 Å². The zero-order valence-corrected chi connectivity index (χ0v) is 16.8. The van der Waals surface area contributed by atoms with Crippen LogP contribution in [-0.2, 0) is 18.9 Å². The van der Waals surface area contributed by atoms with E-state index in [-0.39, 0.29) is 13.1 Å². The van der Waals surface area contributed by atoms with Crippen LogP contribution in [0.15, 0.2) is 25.2 Å². The number of rotatable bonds is 6. The van der Waals surface area contributed by atoms with Gasteiger partial charge in [-0.05, 0) is 6.08 Å². The summed E-state index contributed by atoms with van der Waals surface area (Å²) in [5, 5.41) is 10.0. The van der Waals surface area contributed by atoms with Crippen molar-refractivity contribution in [1.29, 1.82) is 0 Å². The second-order valence-electron chi connectivity index (χ2n) is 6.99. The van der Waals surface area contributed by atoms with Crippen LogP contribution in [0.3, 0.4) is 0 Å². The molecule has 0 spiro atoms. The lowest BCUT2D eigenvalue weighted by Gasteiger charge is -2.17. The second-order valence-corrected chi connectivity index (χ2v) is 6.99. The zero-order valence-electron chi connectivity index (χ0n) is 16.8. The predicted molar refractivity (Wildman–Crippen MR) is 109 cm³/mol. The fourth-order valence-corrected chi connectivity index (χ4v) is 3.36. The Morgan fingerprint density at radius 2 is 2.17 bits per heavy atom. The molecule has 12 heteroatoms. The van der Waals surface area contributed by atoms with Crippen LogP contribution < -0.4 is 20.3 Å². The molecular weight excluding hydrogens is 393 g/mol. The zero-order chi connectivity index (χ0) is 21.4. The summed E-state index contributed by atoms with van der Waals surface area (Å²) in [6.45, 7) is 3.69. The van der Waals surface area contributed by atoms with Crippen molar-refractivity contribution in [2.75, 3.05) is 30.4 Å². The van der Waals surface area contributed by atoms with Gasteiger partial charge in [0.1, 0.15) is 11.9 Å². The van der Waals surface area contributed by atoms with Crippen LogP contribution in [0.25, 0.3) is 11.2 Å². The Morgan fingerprint density at radius 1 is 1.37 bits per heavy atom. The van der Waals surface area contributed by atoms with E-state index in [9.17, 15) is 9.18 Å². The number of hydrogen-bond acceptors (Lipinski definition) is 8. The molecule has 3 aromatic rings. The molecule has 1 saturated heterocycles. The van der Waals surface area contributed by atoms with Crippen LogP contribution in [-0.4, -0.2) is 67.6 Å². The Balaban J connectivity index is 1.69. The third-order valence-electron chi connectivity index (χ3n) is 4.83. The maximum Gasteiger partial charge on any atom is 0.256 e. The van der Waals surface area contributed by atoms with E-state index in [0.29, 0.717) is 34.5 Å². The van der Waals surface area contributed by atoms with E-state index in [0.717, 1.165) is 6.08 Å². The molecule has 0 bridgehead atoms. The highest BCUT2D eigenvalue weighted by molar-refractivity contribution is 5.88. The Hall–Kier alpha value is -3.70. The van der Waals surface area contributed by atoms with Gasteiger partial charge in [0.25, 0.3) is 5.88 Å². The number of ether oxygens (including phenoxy) is 1. The van der Waals surface area contributed by atoms with Crippen LogP contribution in [0.1, 0.15) is 0 Å². The lowest BCUT2D eigenvalue weighted by Crippen LogP contribution is -2.40. The Morgan fingerprint density at radius 3 is 2.90 bits per heavy atom. The maximum absolute atomic E-state index is 14.5. The van der Waals surface area contributed by atoms with Crippen LogP contribution in [0.2, 0.25) is 0 Å². The van der Waals surface area contributed by atoms with E-state index in [4.69, 9.17) is 4.74 Å². The maximum atomic E-state index is 14.5. The fourth-order valence-electron chi connectivity index (χ4n) is 3.36. The number of fused-ring (bicyclic) bond motifs is 1. The number of nitrogens with one attached hydrogen (secondary N) is 2. The number of alkyl halides is 1. The van der Waals surface area contributed by atoms with Gasteiger partial charge in [-0.1, -0.05) is 6.58 Å². The Bertz CT molecular complexity index is 1110. The van der Waals surface area contributed by atoms with Crippen molar-refractivity contribution in [1.82, 2.24) is 34.6 Å². The number of anilines is 3. The number of hydrogen-bond donors (Lipinski definition) is 2. The molecule has 0 aliphatic carbocycles. The number of aryl methyl sites for hydroxylation is 2. The van der Waals surface area contributed by atoms with E-state index < -0.39 is 18.1 Å². The summed E-state index contributed by atoms with van der Waals surface area (Å²) in [5.74, 6) is 0.753. The molecule has 2 unspecified atom stereocenters. The molecule has 1 amide bonds. The molecule has 1 aliphatic rings. The summed E-state index contributed by atoms with van der Waals surface area (Å²) in [4.78, 5) is 26.8. The van der Waals surface area contributed by atoms with Crippen LogP contribution in [0.4, 0.5) is 21.8 Å². The fraction of sp³-hybridized carbons (Fsp3) is 0.389. The van der Waals surface area contributed by atoms with Crippen molar-refractivity contribution in [3.8, 4) is 5.88 Å². The molecule has 0 radical (unpaired) electrons. The minimum absolute atomic E-state index is 0.0566. The first-order valence-corrected chi connectivity index (χ1v) is 9.25. The van der Waals surface area contributed by atoms with Crippen LogP contribution >= 0.6 is 0 Å². The summed E-state index contributed by atoms with van der Waals surface area (Å²) >= 11 is 0. The van der Waals surface area contributed by atoms with Gasteiger partial charge in [-0.2, -0.15) is 9.97 Å². The van der Waals surface area contributed by atoms with E-state index in [1.165, 1.54) is 7.11 Å². The monoisotopic (exact) mass is 415 g/mol. The standard InChI is InChI=1S/C18H22FN9O2/c1-5-13(29)21-11-8-28(6-10(11)19)18-23-15(14-16(24-18)26(2)9-20-14)22-12-7-27(3)25-17(12)30-4/h5,7,9-11H,1,6,8H2,2-4H3,(H,21,29)(H,22,23,24). The summed E-state index contributed by atoms with van der Waals surface area (Å²) in [5.41, 5.74) is 1.75. The lowest BCUT2D eigenvalue weighted by molar-refractivity contribution is -0.117. The van der Waals surface area contributed by atoms with Crippen molar-refractivity contribution < 1.29 is 13.9 Å². The first-order valence-electron chi connectivity index (χ1n) is 9.25. The number of carbonyl (C=O) groups excluding carboxylic acids is 1. The molecule has 4 rings (SSSR count). The van der Waals surface area contributed by atoms with E-state index >= 15 is 0 Å². The molecule has 0 saturated carbocycles. The highest BCUT2D eigenvalue weighted by atomic mass is 19.1. The third-order valence-corrected chi connectivity index (χ3v) is 4.83. The molecule has 158 valence electrons. The molecule has 1 aliphatic heterocycles. The highest BCUT2D eigenvalue weighted by Gasteiger charge is 2.35. The number of carbonyl (C=O) groups is 1. The highest BCUT2D eigenvalue weighted by Crippen LogP contribution is 2.30. The van der Waals surface area contributed by atoms with Crippen molar-refractivity contribution in [3.05, 3.63) is 25.2 Å². The Kier molecular flexibility index (Phi) is 4.98. The molecule has 1 fully saturated rings. The lowest BCUT2D eigenvalue weighted by atomic mass is 10.2. The largest absolute Gasteiger partial charge is 0.478 e. The van der Waals surface area contributed by atoms with Gasteiger partial charge in [0.15, 0.2) is 17.0 Å². The minimum Gasteiger partial charge on any atom is -0.478 e. The molecule has 11 nitrogen and oxygen atoms in total. The van der Waals surface area contributed by atoms with Crippen LogP contribution in [0, 0.1) is 0 Å². The summed E-state index contributed by atoms with van der Waals surface area (Å²) in [6.07, 6.45) is 3.25. The number of nitrogens with zero attached hydrogens (tertiary/aromatic N) is 7. The van der Waals surface area contributed by atoms with Gasteiger partial charge < -0.3 is 24.8 Å². The van der Waals surface area contributed by atoms with Gasteiger partial charge in [-0.15, -0.1) is 5.10 Å². The molecular formula is C18H22FN9O2. The number of imidazole rings is 1. The van der Waals surface area contributed by atoms with E-state index in [1.54, 1.807) is 33.7 Å². The normalized spacial score (nSPS) is 18.6. The van der Waals surface area contributed by atoms with Gasteiger partial charge in [0.05, 0.1) is 32.2 Å². The molecule has 2 atom stereocenters. The molecule has 0 aromatic carbocycles. The smallest absolute Gasteiger partial charge is 0.256 e. The number of halogens is 1. The van der Waals surface area contributed by atoms with Crippen molar-refractivity contribution in [3.63, 3.8) is 0 Å².